The lowest BCUT2D eigenvalue weighted by Crippen LogP contribution is -2.47. The number of alkyl halides is 6. The third-order valence-corrected chi connectivity index (χ3v) is 6.75. The number of aliphatic hydroxyl groups is 1. The van der Waals surface area contributed by atoms with Crippen LogP contribution in [0, 0.1) is 0 Å². The number of hydrogen-bond acceptors (Lipinski definition) is 5. The molecule has 16 heteroatoms. The van der Waals surface area contributed by atoms with Crippen LogP contribution in [0.15, 0.2) is 30.3 Å². The summed E-state index contributed by atoms with van der Waals surface area (Å²) in [4.78, 5) is 11.6. The van der Waals surface area contributed by atoms with Crippen LogP contribution in [-0.2, 0) is 33.0 Å². The van der Waals surface area contributed by atoms with Gasteiger partial charge in [0.15, 0.2) is 9.84 Å². The molecule has 2 rings (SSSR count). The monoisotopic (exact) mass is 600 g/mol. The Kier molecular flexibility index (Phi) is 9.10. The van der Waals surface area contributed by atoms with Crippen LogP contribution in [0.4, 0.5) is 32.0 Å². The van der Waals surface area contributed by atoms with Gasteiger partial charge < -0.3 is 15.7 Å². The third kappa shape index (κ3) is 7.54. The first-order chi connectivity index (χ1) is 16.2. The Morgan fingerprint density at radius 2 is 1.56 bits per heavy atom. The van der Waals surface area contributed by atoms with E-state index in [0.717, 1.165) is 30.5 Å². The van der Waals surface area contributed by atoms with E-state index in [1.54, 1.807) is 0 Å². The van der Waals surface area contributed by atoms with Gasteiger partial charge in [0.2, 0.25) is 11.5 Å². The zero-order chi connectivity index (χ0) is 27.7. The summed E-state index contributed by atoms with van der Waals surface area (Å²) in [7, 11) is -3.72. The average Bonchev–Trinajstić information content (AvgIpc) is 2.71. The van der Waals surface area contributed by atoms with Gasteiger partial charge in [-0.15, -0.1) is 0 Å². The molecule has 1 amide bonds. The maximum absolute atomic E-state index is 13.8. The van der Waals surface area contributed by atoms with Gasteiger partial charge in [0.05, 0.1) is 27.2 Å². The minimum Gasteiger partial charge on any atom is -0.381 e. The maximum Gasteiger partial charge on any atom is 0.423 e. The highest BCUT2D eigenvalue weighted by molar-refractivity contribution is 7.91. The first kappa shape index (κ1) is 30.3. The van der Waals surface area contributed by atoms with Gasteiger partial charge in [0.1, 0.15) is 5.75 Å². The predicted molar refractivity (Wildman–Crippen MR) is 123 cm³/mol. The van der Waals surface area contributed by atoms with E-state index in [4.69, 9.17) is 34.8 Å². The highest BCUT2D eigenvalue weighted by Crippen LogP contribution is 2.43. The summed E-state index contributed by atoms with van der Waals surface area (Å²) in [6.07, 6.45) is -9.52. The zero-order valence-corrected chi connectivity index (χ0v) is 21.1. The molecule has 0 aliphatic carbocycles. The van der Waals surface area contributed by atoms with E-state index in [1.807, 2.05) is 5.32 Å². The quantitative estimate of drug-likeness (QED) is 0.286. The van der Waals surface area contributed by atoms with Crippen molar-refractivity contribution in [1.82, 2.24) is 5.32 Å². The van der Waals surface area contributed by atoms with E-state index in [-0.39, 0.29) is 15.1 Å². The summed E-state index contributed by atoms with van der Waals surface area (Å²) < 4.78 is 104. The van der Waals surface area contributed by atoms with Crippen molar-refractivity contribution < 1.29 is 44.7 Å². The Balaban J connectivity index is 2.35. The van der Waals surface area contributed by atoms with Gasteiger partial charge in [0, 0.05) is 18.5 Å². The number of halogens is 9. The van der Waals surface area contributed by atoms with Gasteiger partial charge in [-0.25, -0.2) is 8.42 Å². The number of carbonyl (C=O) groups is 1. The predicted octanol–water partition coefficient (Wildman–Crippen LogP) is 5.19. The smallest absolute Gasteiger partial charge is 0.381 e. The van der Waals surface area contributed by atoms with Crippen LogP contribution in [0.2, 0.25) is 15.1 Å². The molecule has 0 aliphatic heterocycles. The lowest BCUT2D eigenvalue weighted by Gasteiger charge is -2.32. The van der Waals surface area contributed by atoms with Crippen LogP contribution in [0.5, 0.6) is 0 Å². The number of benzene rings is 2. The minimum absolute atomic E-state index is 0.256. The molecule has 0 saturated heterocycles. The maximum atomic E-state index is 13.8. The summed E-state index contributed by atoms with van der Waals surface area (Å²) in [5.41, 5.74) is -6.65. The van der Waals surface area contributed by atoms with Gasteiger partial charge in [0.25, 0.3) is 0 Å². The molecule has 2 aromatic carbocycles. The van der Waals surface area contributed by atoms with Crippen LogP contribution in [0.1, 0.15) is 16.7 Å². The molecule has 0 heterocycles. The molecule has 2 aromatic rings. The molecular formula is C20H17Cl3F6N2O4S. The molecule has 0 spiro atoms. The second-order valence-corrected chi connectivity index (χ2v) is 11.0. The van der Waals surface area contributed by atoms with Crippen molar-refractivity contribution in [3.8, 4) is 0 Å². The van der Waals surface area contributed by atoms with Crippen LogP contribution in [-0.4, -0.2) is 44.2 Å². The number of hydrogen-bond donors (Lipinski definition) is 3. The summed E-state index contributed by atoms with van der Waals surface area (Å²) in [6, 6.07) is 3.82. The fourth-order valence-corrected chi connectivity index (χ4v) is 4.15. The van der Waals surface area contributed by atoms with Crippen molar-refractivity contribution in [2.75, 3.05) is 23.9 Å². The number of sulfone groups is 1. The highest BCUT2D eigenvalue weighted by Gasteiger charge is 2.55. The fraction of sp³-hybridized carbons (Fsp3) is 0.350. The SMILES string of the molecule is CS(=O)(=O)CC(=O)NCc1ccc(NC[C@@](O)(c2cc(Cl)c(Cl)c(Cl)c2)C(F)(F)F)cc1C(F)(F)F. The summed E-state index contributed by atoms with van der Waals surface area (Å²) in [6.45, 7) is -2.02. The zero-order valence-electron chi connectivity index (χ0n) is 18.0. The van der Waals surface area contributed by atoms with Gasteiger partial charge in [-0.3, -0.25) is 4.79 Å². The van der Waals surface area contributed by atoms with Crippen LogP contribution in [0.25, 0.3) is 0 Å². The van der Waals surface area contributed by atoms with E-state index in [9.17, 15) is 44.7 Å². The molecular weight excluding hydrogens is 585 g/mol. The lowest BCUT2D eigenvalue weighted by atomic mass is 9.92. The number of carbonyl (C=O) groups excluding carboxylic acids is 1. The minimum atomic E-state index is -5.31. The van der Waals surface area contributed by atoms with Crippen LogP contribution >= 0.6 is 34.8 Å². The number of rotatable bonds is 8. The van der Waals surface area contributed by atoms with Crippen molar-refractivity contribution >= 4 is 56.2 Å². The molecule has 0 saturated carbocycles. The molecule has 200 valence electrons. The Morgan fingerprint density at radius 1 is 1.00 bits per heavy atom. The standard InChI is InChI=1S/C20H17Cl3F6N2O4S/c1-36(34,35)8-16(32)30-7-10-2-3-12(6-13(10)19(24,25)26)31-9-18(33,20(27,28)29)11-4-14(21)17(23)15(22)5-11/h2-6,31,33H,7-9H2,1H3,(H,30,32)/t18-/m1/s1. The van der Waals surface area contributed by atoms with Crippen molar-refractivity contribution in [2.24, 2.45) is 0 Å². The Labute approximate surface area is 216 Å². The molecule has 1 atom stereocenters. The molecule has 0 fully saturated rings. The molecule has 36 heavy (non-hydrogen) atoms. The van der Waals surface area contributed by atoms with Crippen molar-refractivity contribution in [3.63, 3.8) is 0 Å². The topological polar surface area (TPSA) is 95.5 Å². The Bertz CT molecular complexity index is 1230. The first-order valence-corrected chi connectivity index (χ1v) is 12.8. The van der Waals surface area contributed by atoms with E-state index >= 15 is 0 Å². The normalized spacial score (nSPS) is 14.3. The molecule has 0 bridgehead atoms. The summed E-state index contributed by atoms with van der Waals surface area (Å²) in [5, 5.41) is 13.6. The second-order valence-electron chi connectivity index (χ2n) is 7.68. The van der Waals surface area contributed by atoms with Gasteiger partial charge >= 0.3 is 12.4 Å². The van der Waals surface area contributed by atoms with Gasteiger partial charge in [-0.2, -0.15) is 26.3 Å². The van der Waals surface area contributed by atoms with Gasteiger partial charge in [-0.1, -0.05) is 40.9 Å². The fourth-order valence-electron chi connectivity index (χ4n) is 2.98. The number of nitrogens with one attached hydrogen (secondary N) is 2. The summed E-state index contributed by atoms with van der Waals surface area (Å²) >= 11 is 17.3. The van der Waals surface area contributed by atoms with E-state index in [0.29, 0.717) is 6.07 Å². The highest BCUT2D eigenvalue weighted by atomic mass is 35.5. The van der Waals surface area contributed by atoms with Crippen molar-refractivity contribution in [3.05, 3.63) is 62.1 Å². The molecule has 0 radical (unpaired) electrons. The largest absolute Gasteiger partial charge is 0.423 e. The Hall–Kier alpha value is -1.93. The van der Waals surface area contributed by atoms with Crippen molar-refractivity contribution in [2.45, 2.75) is 24.5 Å². The third-order valence-electron chi connectivity index (χ3n) is 4.76. The number of anilines is 1. The second kappa shape index (κ2) is 10.8. The van der Waals surface area contributed by atoms with Crippen LogP contribution < -0.4 is 10.6 Å². The van der Waals surface area contributed by atoms with E-state index in [2.05, 4.69) is 5.32 Å². The number of amides is 1. The average molecular weight is 602 g/mol. The molecule has 0 unspecified atom stereocenters. The first-order valence-electron chi connectivity index (χ1n) is 9.57. The molecule has 0 aromatic heterocycles. The van der Waals surface area contributed by atoms with Gasteiger partial charge in [-0.05, 0) is 35.4 Å². The van der Waals surface area contributed by atoms with E-state index in [1.165, 1.54) is 0 Å². The summed E-state index contributed by atoms with van der Waals surface area (Å²) in [5.74, 6) is -1.98. The lowest BCUT2D eigenvalue weighted by molar-refractivity contribution is -0.260. The van der Waals surface area contributed by atoms with Crippen molar-refractivity contribution in [1.29, 1.82) is 0 Å². The molecule has 0 aliphatic rings. The Morgan fingerprint density at radius 3 is 2.03 bits per heavy atom. The van der Waals surface area contributed by atoms with E-state index < -0.39 is 74.9 Å². The van der Waals surface area contributed by atoms with Crippen LogP contribution in [0.3, 0.4) is 0 Å². The molecule has 3 N–H and O–H groups in total. The molecule has 6 nitrogen and oxygen atoms in total.